The zero-order valence-electron chi connectivity index (χ0n) is 14.7. The van der Waals surface area contributed by atoms with Crippen LogP contribution in [0.3, 0.4) is 0 Å². The fraction of sp³-hybridized carbons (Fsp3) is 0.381. The number of nitrogens with one attached hydrogen (secondary N) is 1. The standard InChI is InChI=1S/C21H25N3O/c1-15-8-12-23-20(19(15)22)24-14-16-6-10-21(11-7-16)18-5-3-2-4-17(18)9-13-25-21/h2-5,8-9,12-13,16H,6-7,10-11,14,22H2,1H3,(H,23,24). The Balaban J connectivity index is 1.41. The molecule has 25 heavy (non-hydrogen) atoms. The van der Waals surface area contributed by atoms with E-state index < -0.39 is 0 Å². The Kier molecular flexibility index (Phi) is 4.12. The molecule has 2 heterocycles. The Hall–Kier alpha value is -2.49. The number of hydrogen-bond acceptors (Lipinski definition) is 4. The minimum Gasteiger partial charge on any atom is -0.490 e. The molecule has 1 aromatic heterocycles. The fourth-order valence-electron chi connectivity index (χ4n) is 4.05. The third kappa shape index (κ3) is 2.97. The van der Waals surface area contributed by atoms with Crippen LogP contribution < -0.4 is 11.1 Å². The van der Waals surface area contributed by atoms with Crippen molar-refractivity contribution in [1.82, 2.24) is 4.98 Å². The summed E-state index contributed by atoms with van der Waals surface area (Å²) in [7, 11) is 0. The Morgan fingerprint density at radius 2 is 2.04 bits per heavy atom. The summed E-state index contributed by atoms with van der Waals surface area (Å²) in [5, 5.41) is 3.44. The lowest BCUT2D eigenvalue weighted by Crippen LogP contribution is -2.36. The molecule has 0 atom stereocenters. The van der Waals surface area contributed by atoms with E-state index >= 15 is 0 Å². The van der Waals surface area contributed by atoms with Crippen LogP contribution in [0.2, 0.25) is 0 Å². The van der Waals surface area contributed by atoms with Gasteiger partial charge in [0.2, 0.25) is 0 Å². The van der Waals surface area contributed by atoms with Gasteiger partial charge in [-0.05, 0) is 61.8 Å². The molecular formula is C21H25N3O. The summed E-state index contributed by atoms with van der Waals surface area (Å²) < 4.78 is 6.15. The maximum absolute atomic E-state index is 6.15. The first-order chi connectivity index (χ1) is 12.2. The number of ether oxygens (including phenoxy) is 1. The van der Waals surface area contributed by atoms with Crippen LogP contribution >= 0.6 is 0 Å². The monoisotopic (exact) mass is 335 g/mol. The van der Waals surface area contributed by atoms with Gasteiger partial charge in [0, 0.05) is 18.3 Å². The number of anilines is 2. The topological polar surface area (TPSA) is 60.2 Å². The second-order valence-corrected chi connectivity index (χ2v) is 7.22. The maximum Gasteiger partial charge on any atom is 0.149 e. The first-order valence-electron chi connectivity index (χ1n) is 9.07. The number of aromatic nitrogens is 1. The molecule has 0 bridgehead atoms. The molecule has 1 aliphatic carbocycles. The molecule has 1 fully saturated rings. The molecule has 4 rings (SSSR count). The highest BCUT2D eigenvalue weighted by molar-refractivity contribution is 5.64. The number of pyridine rings is 1. The van der Waals surface area contributed by atoms with Gasteiger partial charge in [-0.2, -0.15) is 0 Å². The van der Waals surface area contributed by atoms with Crippen LogP contribution in [0, 0.1) is 12.8 Å². The van der Waals surface area contributed by atoms with Crippen LogP contribution in [-0.2, 0) is 10.3 Å². The summed E-state index contributed by atoms with van der Waals surface area (Å²) >= 11 is 0. The quantitative estimate of drug-likeness (QED) is 0.869. The smallest absolute Gasteiger partial charge is 0.149 e. The number of benzene rings is 1. The van der Waals surface area contributed by atoms with Crippen LogP contribution in [0.4, 0.5) is 11.5 Å². The van der Waals surface area contributed by atoms with Gasteiger partial charge in [0.15, 0.2) is 0 Å². The second kappa shape index (κ2) is 6.43. The summed E-state index contributed by atoms with van der Waals surface area (Å²) in [6, 6.07) is 10.5. The molecule has 3 N–H and O–H groups in total. The molecular weight excluding hydrogens is 310 g/mol. The van der Waals surface area contributed by atoms with Gasteiger partial charge in [0.1, 0.15) is 11.4 Å². The van der Waals surface area contributed by atoms with Crippen molar-refractivity contribution < 1.29 is 4.74 Å². The fourth-order valence-corrected chi connectivity index (χ4v) is 4.05. The van der Waals surface area contributed by atoms with Gasteiger partial charge >= 0.3 is 0 Å². The van der Waals surface area contributed by atoms with Gasteiger partial charge in [-0.15, -0.1) is 0 Å². The van der Waals surface area contributed by atoms with E-state index in [2.05, 4.69) is 40.6 Å². The SMILES string of the molecule is Cc1ccnc(NCC2CCC3(CC2)OC=Cc2ccccc23)c1N. The summed E-state index contributed by atoms with van der Waals surface area (Å²) in [4.78, 5) is 4.37. The average molecular weight is 335 g/mol. The minimum absolute atomic E-state index is 0.136. The van der Waals surface area contributed by atoms with Gasteiger partial charge < -0.3 is 15.8 Å². The van der Waals surface area contributed by atoms with Crippen molar-refractivity contribution in [2.24, 2.45) is 5.92 Å². The lowest BCUT2D eigenvalue weighted by atomic mass is 9.73. The van der Waals surface area contributed by atoms with Crippen molar-refractivity contribution in [3.05, 3.63) is 59.5 Å². The van der Waals surface area contributed by atoms with E-state index in [9.17, 15) is 0 Å². The maximum atomic E-state index is 6.15. The van der Waals surface area contributed by atoms with Gasteiger partial charge in [-0.1, -0.05) is 24.3 Å². The van der Waals surface area contributed by atoms with E-state index in [1.54, 1.807) is 0 Å². The van der Waals surface area contributed by atoms with Crippen LogP contribution in [-0.4, -0.2) is 11.5 Å². The Morgan fingerprint density at radius 3 is 2.88 bits per heavy atom. The van der Waals surface area contributed by atoms with Crippen molar-refractivity contribution in [3.8, 4) is 0 Å². The Morgan fingerprint density at radius 1 is 1.24 bits per heavy atom. The van der Waals surface area contributed by atoms with Crippen molar-refractivity contribution in [2.75, 3.05) is 17.6 Å². The summed E-state index contributed by atoms with van der Waals surface area (Å²) in [6.45, 7) is 2.92. The Bertz CT molecular complexity index is 791. The third-order valence-electron chi connectivity index (χ3n) is 5.67. The van der Waals surface area contributed by atoms with E-state index in [1.807, 2.05) is 25.4 Å². The van der Waals surface area contributed by atoms with Gasteiger partial charge in [0.25, 0.3) is 0 Å². The van der Waals surface area contributed by atoms with Crippen LogP contribution in [0.5, 0.6) is 0 Å². The molecule has 1 spiro atoms. The lowest BCUT2D eigenvalue weighted by molar-refractivity contribution is -0.0285. The highest BCUT2D eigenvalue weighted by Crippen LogP contribution is 2.46. The second-order valence-electron chi connectivity index (χ2n) is 7.22. The number of nitrogens with two attached hydrogens (primary N) is 1. The number of fused-ring (bicyclic) bond motifs is 2. The first kappa shape index (κ1) is 16.0. The molecule has 2 aromatic rings. The summed E-state index contributed by atoms with van der Waals surface area (Å²) in [5.74, 6) is 1.43. The van der Waals surface area contributed by atoms with Crippen molar-refractivity contribution in [1.29, 1.82) is 0 Å². The average Bonchev–Trinajstić information content (AvgIpc) is 2.65. The van der Waals surface area contributed by atoms with Gasteiger partial charge in [0.05, 0.1) is 11.9 Å². The van der Waals surface area contributed by atoms with E-state index in [0.717, 1.165) is 49.3 Å². The highest BCUT2D eigenvalue weighted by atomic mass is 16.5. The van der Waals surface area contributed by atoms with E-state index in [0.29, 0.717) is 5.92 Å². The highest BCUT2D eigenvalue weighted by Gasteiger charge is 2.40. The Labute approximate surface area is 149 Å². The lowest BCUT2D eigenvalue weighted by Gasteiger charge is -2.42. The van der Waals surface area contributed by atoms with Crippen molar-refractivity contribution >= 4 is 17.6 Å². The van der Waals surface area contributed by atoms with Gasteiger partial charge in [-0.25, -0.2) is 4.98 Å². The van der Waals surface area contributed by atoms with Crippen LogP contribution in [0.1, 0.15) is 42.4 Å². The summed E-state index contributed by atoms with van der Waals surface area (Å²) in [5.41, 5.74) is 10.4. The van der Waals surface area contributed by atoms with E-state index in [1.165, 1.54) is 11.1 Å². The molecule has 1 aliphatic heterocycles. The number of hydrogen-bond donors (Lipinski definition) is 2. The number of nitrogen functional groups attached to an aromatic ring is 1. The summed E-state index contributed by atoms with van der Waals surface area (Å²) in [6.07, 6.45) is 10.1. The number of rotatable bonds is 3. The predicted molar refractivity (Wildman–Crippen MR) is 102 cm³/mol. The predicted octanol–water partition coefficient (Wildman–Crippen LogP) is 4.47. The first-order valence-corrected chi connectivity index (χ1v) is 9.07. The van der Waals surface area contributed by atoms with Crippen LogP contribution in [0.15, 0.2) is 42.8 Å². The molecule has 0 amide bonds. The van der Waals surface area contributed by atoms with Crippen LogP contribution in [0.25, 0.3) is 6.08 Å². The van der Waals surface area contributed by atoms with E-state index in [4.69, 9.17) is 10.5 Å². The largest absolute Gasteiger partial charge is 0.490 e. The van der Waals surface area contributed by atoms with Crippen molar-refractivity contribution in [2.45, 2.75) is 38.2 Å². The zero-order chi connectivity index (χ0) is 17.3. The normalized spacial score (nSPS) is 24.6. The molecule has 0 radical (unpaired) electrons. The molecule has 4 heteroatoms. The van der Waals surface area contributed by atoms with E-state index in [-0.39, 0.29) is 5.60 Å². The molecule has 130 valence electrons. The van der Waals surface area contributed by atoms with Crippen molar-refractivity contribution in [3.63, 3.8) is 0 Å². The molecule has 0 saturated heterocycles. The number of aryl methyl sites for hydroxylation is 1. The zero-order valence-corrected chi connectivity index (χ0v) is 14.7. The number of nitrogens with zero attached hydrogens (tertiary/aromatic N) is 1. The molecule has 1 aromatic carbocycles. The molecule has 4 nitrogen and oxygen atoms in total. The third-order valence-corrected chi connectivity index (χ3v) is 5.67. The molecule has 0 unspecified atom stereocenters. The molecule has 1 saturated carbocycles. The molecule has 2 aliphatic rings. The minimum atomic E-state index is -0.136. The van der Waals surface area contributed by atoms with Gasteiger partial charge in [-0.3, -0.25) is 0 Å².